The van der Waals surface area contributed by atoms with E-state index in [1.165, 1.54) is 11.8 Å². The van der Waals surface area contributed by atoms with Crippen LogP contribution < -0.4 is 20.9 Å². The number of halogens is 1. The van der Waals surface area contributed by atoms with E-state index in [9.17, 15) is 5.11 Å². The Morgan fingerprint density at radius 3 is 2.71 bits per heavy atom. The second-order valence-electron chi connectivity index (χ2n) is 10.6. The molecular formula is C27H34ClN9O3S. The normalized spacial score (nSPS) is 24.1. The van der Waals surface area contributed by atoms with Crippen molar-refractivity contribution in [1.82, 2.24) is 24.9 Å². The van der Waals surface area contributed by atoms with Gasteiger partial charge in [0.25, 0.3) is 0 Å². The third kappa shape index (κ3) is 5.92. The molecule has 0 aliphatic carbocycles. The lowest BCUT2D eigenvalue weighted by atomic mass is 9.73. The van der Waals surface area contributed by atoms with Crippen molar-refractivity contribution in [3.8, 4) is 0 Å². The van der Waals surface area contributed by atoms with Gasteiger partial charge in [0.2, 0.25) is 5.95 Å². The van der Waals surface area contributed by atoms with Crippen LogP contribution in [0.3, 0.4) is 0 Å². The molecule has 0 unspecified atom stereocenters. The first-order chi connectivity index (χ1) is 20.0. The molecule has 0 bridgehead atoms. The van der Waals surface area contributed by atoms with Gasteiger partial charge in [0, 0.05) is 48.4 Å². The Kier molecular flexibility index (Phi) is 8.42. The molecule has 4 N–H and O–H groups in total. The van der Waals surface area contributed by atoms with Gasteiger partial charge in [0.05, 0.1) is 56.0 Å². The van der Waals surface area contributed by atoms with E-state index in [0.717, 1.165) is 48.3 Å². The molecule has 218 valence electrons. The Balaban J connectivity index is 1.10. The maximum atomic E-state index is 9.71. The molecule has 3 aromatic rings. The van der Waals surface area contributed by atoms with Crippen LogP contribution >= 0.6 is 23.4 Å². The number of pyridine rings is 1. The van der Waals surface area contributed by atoms with Crippen LogP contribution in [0, 0.1) is 5.41 Å². The molecule has 0 aromatic carbocycles. The van der Waals surface area contributed by atoms with E-state index in [0.29, 0.717) is 42.4 Å². The summed E-state index contributed by atoms with van der Waals surface area (Å²) in [5.41, 5.74) is 6.53. The fraction of sp³-hybridized carbons (Fsp3) is 0.519. The number of hydrogen-bond acceptors (Lipinski definition) is 13. The van der Waals surface area contributed by atoms with Crippen molar-refractivity contribution in [2.75, 3.05) is 61.2 Å². The molecule has 3 aliphatic heterocycles. The average Bonchev–Trinajstić information content (AvgIpc) is 3.28. The summed E-state index contributed by atoms with van der Waals surface area (Å²) in [6.45, 7) is 6.10. The number of aliphatic hydroxyl groups excluding tert-OH is 1. The summed E-state index contributed by atoms with van der Waals surface area (Å²) in [6.07, 6.45) is 9.03. The highest BCUT2D eigenvalue weighted by molar-refractivity contribution is 7.99. The van der Waals surface area contributed by atoms with Gasteiger partial charge < -0.3 is 35.4 Å². The van der Waals surface area contributed by atoms with Gasteiger partial charge in [-0.05, 0) is 31.9 Å². The summed E-state index contributed by atoms with van der Waals surface area (Å²) in [4.78, 5) is 27.8. The zero-order chi connectivity index (χ0) is 28.4. The Morgan fingerprint density at radius 2 is 1.98 bits per heavy atom. The third-order valence-electron chi connectivity index (χ3n) is 8.20. The van der Waals surface area contributed by atoms with Crippen LogP contribution in [0.2, 0.25) is 5.02 Å². The minimum atomic E-state index is -0.191. The second kappa shape index (κ2) is 12.2. The summed E-state index contributed by atoms with van der Waals surface area (Å²) in [5.74, 6) is 2.38. The van der Waals surface area contributed by atoms with Gasteiger partial charge in [0.1, 0.15) is 16.7 Å². The van der Waals surface area contributed by atoms with E-state index in [-0.39, 0.29) is 30.2 Å². The van der Waals surface area contributed by atoms with E-state index in [1.54, 1.807) is 24.7 Å². The molecule has 14 heteroatoms. The number of rotatable bonds is 7. The first-order valence-electron chi connectivity index (χ1n) is 13.8. The molecule has 3 aliphatic rings. The van der Waals surface area contributed by atoms with E-state index in [1.807, 2.05) is 17.2 Å². The maximum absolute atomic E-state index is 9.71. The summed E-state index contributed by atoms with van der Waals surface area (Å²) >= 11 is 8.17. The van der Waals surface area contributed by atoms with Crippen molar-refractivity contribution >= 4 is 46.8 Å². The smallest absolute Gasteiger partial charge is 0.227 e. The molecule has 3 aromatic heterocycles. The van der Waals surface area contributed by atoms with Crippen molar-refractivity contribution in [2.45, 2.75) is 47.9 Å². The van der Waals surface area contributed by atoms with Gasteiger partial charge in [-0.3, -0.25) is 0 Å². The Morgan fingerprint density at radius 1 is 1.15 bits per heavy atom. The summed E-state index contributed by atoms with van der Waals surface area (Å²) < 4.78 is 11.3. The second-order valence-corrected chi connectivity index (χ2v) is 12.1. The number of piperidine rings is 1. The summed E-state index contributed by atoms with van der Waals surface area (Å²) in [6, 6.07) is 3.48. The molecule has 6 heterocycles. The predicted octanol–water partition coefficient (Wildman–Crippen LogP) is 2.74. The number of ether oxygens (including phenoxy) is 2. The zero-order valence-electron chi connectivity index (χ0n) is 22.8. The van der Waals surface area contributed by atoms with Gasteiger partial charge >= 0.3 is 0 Å². The van der Waals surface area contributed by atoms with E-state index < -0.39 is 0 Å². The molecule has 0 amide bonds. The number of hydrogen-bond donors (Lipinski definition) is 3. The Bertz CT molecular complexity index is 1350. The van der Waals surface area contributed by atoms with Gasteiger partial charge in [-0.25, -0.2) is 19.9 Å². The SMILES string of the molecule is C[C@@H]1OCC2(CCN(c3cnc(Sc4ccnc(Nc5ccnc(N6CCOC[C@H]6CO)n5)c4Cl)cn3)CC2)[C@@H]1N. The molecule has 3 saturated heterocycles. The standard InChI is InChI=1S/C27H34ClN9O3S/c1-17-24(29)27(16-40-17)4-8-36(9-5-27)21-12-33-22(13-32-21)41-19-2-6-30-25(23(19)28)34-20-3-7-31-26(35-20)37-10-11-39-15-18(37)14-38/h2-3,6-7,12-13,17-18,24,38H,4-5,8-11,14-16,29H2,1H3,(H,30,31,34,35)/t17-,18+,24+/m0/s1. The molecule has 41 heavy (non-hydrogen) atoms. The fourth-order valence-corrected chi connectivity index (χ4v) is 6.66. The molecule has 3 atom stereocenters. The van der Waals surface area contributed by atoms with Crippen molar-refractivity contribution in [2.24, 2.45) is 11.1 Å². The topological polar surface area (TPSA) is 148 Å². The molecule has 12 nitrogen and oxygen atoms in total. The predicted molar refractivity (Wildman–Crippen MR) is 157 cm³/mol. The van der Waals surface area contributed by atoms with Crippen molar-refractivity contribution < 1.29 is 14.6 Å². The first kappa shape index (κ1) is 28.3. The lowest BCUT2D eigenvalue weighted by Crippen LogP contribution is -2.50. The van der Waals surface area contributed by atoms with Gasteiger partial charge in [-0.2, -0.15) is 4.98 Å². The Labute approximate surface area is 248 Å². The number of morpholine rings is 1. The molecule has 1 spiro atoms. The highest BCUT2D eigenvalue weighted by Gasteiger charge is 2.47. The maximum Gasteiger partial charge on any atom is 0.227 e. The van der Waals surface area contributed by atoms with Gasteiger partial charge in [-0.1, -0.05) is 23.4 Å². The monoisotopic (exact) mass is 599 g/mol. The quantitative estimate of drug-likeness (QED) is 0.366. The number of aliphatic hydroxyl groups is 1. The van der Waals surface area contributed by atoms with E-state index >= 15 is 0 Å². The van der Waals surface area contributed by atoms with Crippen molar-refractivity contribution in [3.05, 3.63) is 41.9 Å². The number of aromatic nitrogens is 5. The highest BCUT2D eigenvalue weighted by Crippen LogP contribution is 2.42. The van der Waals surface area contributed by atoms with E-state index in [4.69, 9.17) is 31.8 Å². The zero-order valence-corrected chi connectivity index (χ0v) is 24.4. The highest BCUT2D eigenvalue weighted by atomic mass is 35.5. The molecule has 3 fully saturated rings. The van der Waals surface area contributed by atoms with E-state index in [2.05, 4.69) is 37.1 Å². The Hall–Kier alpha value is -2.81. The largest absolute Gasteiger partial charge is 0.394 e. The van der Waals surface area contributed by atoms with Crippen molar-refractivity contribution in [1.29, 1.82) is 0 Å². The first-order valence-corrected chi connectivity index (χ1v) is 15.0. The molecule has 6 rings (SSSR count). The molecular weight excluding hydrogens is 566 g/mol. The summed E-state index contributed by atoms with van der Waals surface area (Å²) in [7, 11) is 0. The van der Waals surface area contributed by atoms with Crippen LogP contribution in [0.15, 0.2) is 46.8 Å². The summed E-state index contributed by atoms with van der Waals surface area (Å²) in [5, 5.41) is 14.1. The number of nitrogens with two attached hydrogens (primary N) is 1. The number of nitrogens with zero attached hydrogens (tertiary/aromatic N) is 7. The third-order valence-corrected chi connectivity index (χ3v) is 9.67. The van der Waals surface area contributed by atoms with Crippen molar-refractivity contribution in [3.63, 3.8) is 0 Å². The van der Waals surface area contributed by atoms with Crippen LogP contribution in [-0.4, -0.2) is 94.3 Å². The molecule has 0 radical (unpaired) electrons. The lowest BCUT2D eigenvalue weighted by molar-refractivity contribution is 0.0718. The van der Waals surface area contributed by atoms with Gasteiger partial charge in [-0.15, -0.1) is 0 Å². The number of anilines is 4. The van der Waals surface area contributed by atoms with Crippen LogP contribution in [0.4, 0.5) is 23.4 Å². The van der Waals surface area contributed by atoms with Crippen LogP contribution in [-0.2, 0) is 9.47 Å². The molecule has 0 saturated carbocycles. The van der Waals surface area contributed by atoms with Crippen LogP contribution in [0.5, 0.6) is 0 Å². The minimum Gasteiger partial charge on any atom is -0.394 e. The average molecular weight is 600 g/mol. The lowest BCUT2D eigenvalue weighted by Gasteiger charge is -2.41. The minimum absolute atomic E-state index is 0.0419. The van der Waals surface area contributed by atoms with Gasteiger partial charge in [0.15, 0.2) is 5.82 Å². The number of nitrogens with one attached hydrogen (secondary N) is 1. The van der Waals surface area contributed by atoms with Crippen LogP contribution in [0.1, 0.15) is 19.8 Å². The van der Waals surface area contributed by atoms with Crippen LogP contribution in [0.25, 0.3) is 0 Å². The fourth-order valence-electron chi connectivity index (χ4n) is 5.63.